The van der Waals surface area contributed by atoms with Gasteiger partial charge in [0.1, 0.15) is 5.75 Å². The average Bonchev–Trinajstić information content (AvgIpc) is 3.57. The molecular weight excluding hydrogens is 583 g/mol. The molecule has 1 saturated heterocycles. The molecule has 0 saturated carbocycles. The third-order valence-electron chi connectivity index (χ3n) is 8.38. The summed E-state index contributed by atoms with van der Waals surface area (Å²) in [7, 11) is 1.65. The van der Waals surface area contributed by atoms with Gasteiger partial charge in [-0.05, 0) is 41.9 Å². The zero-order valence-corrected chi connectivity index (χ0v) is 26.1. The van der Waals surface area contributed by atoms with Gasteiger partial charge >= 0.3 is 6.09 Å². The molecular formula is C31H37FN8O3S. The molecule has 1 fully saturated rings. The van der Waals surface area contributed by atoms with Crippen LogP contribution >= 0.6 is 11.3 Å². The molecule has 1 amide bonds. The van der Waals surface area contributed by atoms with E-state index in [2.05, 4.69) is 47.2 Å². The van der Waals surface area contributed by atoms with E-state index in [1.807, 2.05) is 28.9 Å². The summed E-state index contributed by atoms with van der Waals surface area (Å²) >= 11 is 1.54. The van der Waals surface area contributed by atoms with Gasteiger partial charge in [-0.1, -0.05) is 32.9 Å². The summed E-state index contributed by atoms with van der Waals surface area (Å²) in [6, 6.07) is 7.90. The van der Waals surface area contributed by atoms with Gasteiger partial charge < -0.3 is 25.0 Å². The van der Waals surface area contributed by atoms with E-state index in [0.29, 0.717) is 24.1 Å². The minimum Gasteiger partial charge on any atom is -0.497 e. The van der Waals surface area contributed by atoms with Crippen LogP contribution in [0.25, 0.3) is 11.3 Å². The minimum atomic E-state index is -0.844. The van der Waals surface area contributed by atoms with Gasteiger partial charge in [-0.2, -0.15) is 5.10 Å². The van der Waals surface area contributed by atoms with Crippen LogP contribution in [0.15, 0.2) is 42.9 Å². The highest BCUT2D eigenvalue weighted by Gasteiger charge is 2.39. The van der Waals surface area contributed by atoms with Crippen LogP contribution in [-0.4, -0.2) is 73.6 Å². The van der Waals surface area contributed by atoms with E-state index in [0.717, 1.165) is 78.0 Å². The maximum Gasteiger partial charge on any atom is 0.407 e. The van der Waals surface area contributed by atoms with Crippen molar-refractivity contribution < 1.29 is 19.0 Å². The Morgan fingerprint density at radius 2 is 1.93 bits per heavy atom. The Balaban J connectivity index is 1.30. The molecule has 0 bridgehead atoms. The van der Waals surface area contributed by atoms with Crippen LogP contribution in [0.3, 0.4) is 0 Å². The van der Waals surface area contributed by atoms with Crippen LogP contribution in [-0.2, 0) is 13.0 Å². The lowest BCUT2D eigenvalue weighted by molar-refractivity contribution is 0.0418. The Hall–Kier alpha value is -4.26. The molecule has 44 heavy (non-hydrogen) atoms. The third-order valence-corrected chi connectivity index (χ3v) is 9.41. The molecule has 2 atom stereocenters. The molecule has 2 aliphatic heterocycles. The number of aromatic nitrogens is 5. The van der Waals surface area contributed by atoms with Gasteiger partial charge in [0.2, 0.25) is 5.95 Å². The Bertz CT molecular complexity index is 1620. The van der Waals surface area contributed by atoms with Gasteiger partial charge in [0.15, 0.2) is 16.8 Å². The molecule has 11 nitrogen and oxygen atoms in total. The second-order valence-electron chi connectivity index (χ2n) is 12.5. The highest BCUT2D eigenvalue weighted by atomic mass is 32.1. The number of anilines is 3. The lowest BCUT2D eigenvalue weighted by Crippen LogP contribution is -2.53. The van der Waals surface area contributed by atoms with Crippen LogP contribution in [0, 0.1) is 17.2 Å². The second kappa shape index (κ2) is 12.0. The molecule has 2 N–H and O–H groups in total. The standard InChI is InChI=1S/C31H37FN8O3S/c1-31(2,3)25-13-20(9-12-40(25)30(41)42)16-38-11-10-24-26(35-29(44-24)36-28-33-14-21(32)15-34-28)23-18-39(37-27(23)38)17-19-5-7-22(43-4)8-6-19/h5-8,14-15,18,20,25H,9-13,16-17H2,1-4H3,(H,41,42)(H,33,34,35,36). The maximum absolute atomic E-state index is 13.3. The number of carboxylic acid groups (broad SMARTS) is 1. The zero-order chi connectivity index (χ0) is 31.0. The number of hydrogen-bond acceptors (Lipinski definition) is 9. The van der Waals surface area contributed by atoms with E-state index in [9.17, 15) is 14.3 Å². The van der Waals surface area contributed by atoms with Crippen molar-refractivity contribution in [2.75, 3.05) is 37.0 Å². The smallest absolute Gasteiger partial charge is 0.407 e. The second-order valence-corrected chi connectivity index (χ2v) is 13.6. The highest BCUT2D eigenvalue weighted by molar-refractivity contribution is 7.16. The fourth-order valence-electron chi connectivity index (χ4n) is 6.15. The number of benzene rings is 1. The number of hydrogen-bond donors (Lipinski definition) is 2. The topological polar surface area (TPSA) is 122 Å². The summed E-state index contributed by atoms with van der Waals surface area (Å²) in [5, 5.41) is 18.7. The largest absolute Gasteiger partial charge is 0.497 e. The van der Waals surface area contributed by atoms with Crippen molar-refractivity contribution in [3.05, 3.63) is 59.1 Å². The van der Waals surface area contributed by atoms with Gasteiger partial charge in [0.25, 0.3) is 0 Å². The fraction of sp³-hybridized carbons (Fsp3) is 0.452. The molecule has 0 spiro atoms. The lowest BCUT2D eigenvalue weighted by atomic mass is 9.77. The van der Waals surface area contributed by atoms with Crippen molar-refractivity contribution in [2.45, 2.75) is 52.6 Å². The van der Waals surface area contributed by atoms with Crippen LogP contribution in [0.5, 0.6) is 5.75 Å². The zero-order valence-electron chi connectivity index (χ0n) is 25.3. The summed E-state index contributed by atoms with van der Waals surface area (Å²) in [5.41, 5.74) is 2.75. The normalized spacial score (nSPS) is 18.4. The first kappa shape index (κ1) is 29.8. The number of methoxy groups -OCH3 is 1. The monoisotopic (exact) mass is 620 g/mol. The van der Waals surface area contributed by atoms with Crippen LogP contribution in [0.4, 0.5) is 26.1 Å². The molecule has 0 aliphatic carbocycles. The van der Waals surface area contributed by atoms with Gasteiger partial charge in [-0.3, -0.25) is 4.68 Å². The molecule has 3 aromatic heterocycles. The highest BCUT2D eigenvalue weighted by Crippen LogP contribution is 2.41. The first-order valence-corrected chi connectivity index (χ1v) is 15.6. The van der Waals surface area contributed by atoms with Crippen molar-refractivity contribution in [1.82, 2.24) is 29.6 Å². The number of amides is 1. The summed E-state index contributed by atoms with van der Waals surface area (Å²) in [6.45, 7) is 9.02. The third kappa shape index (κ3) is 6.33. The number of nitrogens with zero attached hydrogens (tertiary/aromatic N) is 7. The fourth-order valence-corrected chi connectivity index (χ4v) is 7.11. The number of fused-ring (bicyclic) bond motifs is 3. The number of thiazole rings is 1. The van der Waals surface area contributed by atoms with E-state index in [1.165, 1.54) is 11.3 Å². The Morgan fingerprint density at radius 3 is 2.61 bits per heavy atom. The van der Waals surface area contributed by atoms with Crippen molar-refractivity contribution in [2.24, 2.45) is 11.3 Å². The first-order valence-electron chi connectivity index (χ1n) is 14.8. The quantitative estimate of drug-likeness (QED) is 0.260. The molecule has 0 radical (unpaired) electrons. The maximum atomic E-state index is 13.3. The van der Waals surface area contributed by atoms with Gasteiger partial charge in [-0.25, -0.2) is 24.1 Å². The number of halogens is 1. The lowest BCUT2D eigenvalue weighted by Gasteiger charge is -2.45. The predicted octanol–water partition coefficient (Wildman–Crippen LogP) is 5.90. The van der Waals surface area contributed by atoms with Gasteiger partial charge in [0.05, 0.1) is 37.3 Å². The number of rotatable bonds is 7. The summed E-state index contributed by atoms with van der Waals surface area (Å²) in [4.78, 5) is 30.1. The molecule has 2 aliphatic rings. The minimum absolute atomic E-state index is 0.0524. The average molecular weight is 621 g/mol. The molecule has 1 aromatic carbocycles. The number of ether oxygens (including phenoxy) is 1. The van der Waals surface area contributed by atoms with E-state index in [-0.39, 0.29) is 17.4 Å². The van der Waals surface area contributed by atoms with Crippen LogP contribution in [0.1, 0.15) is 44.1 Å². The Morgan fingerprint density at radius 1 is 1.18 bits per heavy atom. The van der Waals surface area contributed by atoms with E-state index < -0.39 is 11.9 Å². The van der Waals surface area contributed by atoms with Crippen LogP contribution < -0.4 is 15.0 Å². The van der Waals surface area contributed by atoms with E-state index in [1.54, 1.807) is 12.0 Å². The number of piperidine rings is 1. The molecule has 4 aromatic rings. The van der Waals surface area contributed by atoms with Crippen molar-refractivity contribution in [3.8, 4) is 17.0 Å². The van der Waals surface area contributed by atoms with Crippen LogP contribution in [0.2, 0.25) is 0 Å². The van der Waals surface area contributed by atoms with Crippen molar-refractivity contribution >= 4 is 34.3 Å². The number of likely N-dealkylation sites (tertiary alicyclic amines) is 1. The van der Waals surface area contributed by atoms with Gasteiger partial charge in [0, 0.05) is 43.2 Å². The van der Waals surface area contributed by atoms with Crippen molar-refractivity contribution in [3.63, 3.8) is 0 Å². The number of nitrogens with one attached hydrogen (secondary N) is 1. The van der Waals surface area contributed by atoms with E-state index >= 15 is 0 Å². The molecule has 13 heteroatoms. The van der Waals surface area contributed by atoms with E-state index in [4.69, 9.17) is 14.8 Å². The summed E-state index contributed by atoms with van der Waals surface area (Å²) < 4.78 is 20.6. The number of carbonyl (C=O) groups is 1. The van der Waals surface area contributed by atoms with Crippen molar-refractivity contribution in [1.29, 1.82) is 0 Å². The summed E-state index contributed by atoms with van der Waals surface area (Å²) in [5.74, 6) is 1.79. The first-order chi connectivity index (χ1) is 21.1. The SMILES string of the molecule is COc1ccc(Cn2cc3c(n2)N(CC2CCN(C(=O)O)C(C(C)(C)C)C2)CCc2sc(Nc4ncc(F)cn4)nc2-3)cc1. The molecule has 2 unspecified atom stereocenters. The molecule has 6 rings (SSSR count). The molecule has 5 heterocycles. The predicted molar refractivity (Wildman–Crippen MR) is 167 cm³/mol. The Labute approximate surface area is 259 Å². The van der Waals surface area contributed by atoms with Gasteiger partial charge in [-0.15, -0.1) is 11.3 Å². The Kier molecular flexibility index (Phi) is 8.14. The molecule has 232 valence electrons. The summed E-state index contributed by atoms with van der Waals surface area (Å²) in [6.07, 6.45) is 5.85.